The number of nitrogens with one attached hydrogen (secondary N) is 1. The SMILES string of the molecule is Cc1ccc(S(=O)(=O)NCCC(=O)OCc2cc(=O)oc3cc(C)ccc23)cc1. The van der Waals surface area contributed by atoms with E-state index in [2.05, 4.69) is 4.72 Å². The Morgan fingerprint density at radius 2 is 1.72 bits per heavy atom. The van der Waals surface area contributed by atoms with E-state index < -0.39 is 21.6 Å². The van der Waals surface area contributed by atoms with Crippen molar-refractivity contribution in [2.45, 2.75) is 31.8 Å². The smallest absolute Gasteiger partial charge is 0.336 e. The zero-order valence-corrected chi connectivity index (χ0v) is 16.9. The van der Waals surface area contributed by atoms with E-state index in [9.17, 15) is 18.0 Å². The van der Waals surface area contributed by atoms with Crippen molar-refractivity contribution in [2.75, 3.05) is 6.54 Å². The lowest BCUT2D eigenvalue weighted by Gasteiger charge is -2.09. The average molecular weight is 415 g/mol. The number of hydrogen-bond donors (Lipinski definition) is 1. The molecule has 0 fully saturated rings. The van der Waals surface area contributed by atoms with Crippen molar-refractivity contribution in [3.63, 3.8) is 0 Å². The summed E-state index contributed by atoms with van der Waals surface area (Å²) >= 11 is 0. The molecular formula is C21H21NO6S. The molecule has 0 aliphatic carbocycles. The van der Waals surface area contributed by atoms with E-state index in [0.29, 0.717) is 16.5 Å². The Kier molecular flexibility index (Phi) is 6.14. The van der Waals surface area contributed by atoms with Gasteiger partial charge >= 0.3 is 11.6 Å². The predicted octanol–water partition coefficient (Wildman–Crippen LogP) is 2.82. The van der Waals surface area contributed by atoms with Crippen LogP contribution < -0.4 is 10.3 Å². The monoisotopic (exact) mass is 415 g/mol. The Hall–Kier alpha value is -2.97. The highest BCUT2D eigenvalue weighted by Gasteiger charge is 2.15. The second-order valence-corrected chi connectivity index (χ2v) is 8.48. The molecule has 0 amide bonds. The maximum absolute atomic E-state index is 12.2. The van der Waals surface area contributed by atoms with Crippen LogP contribution in [0.2, 0.25) is 0 Å². The number of ether oxygens (including phenoxy) is 1. The zero-order chi connectivity index (χ0) is 21.0. The van der Waals surface area contributed by atoms with Gasteiger partial charge in [-0.3, -0.25) is 4.79 Å². The molecule has 0 unspecified atom stereocenters. The summed E-state index contributed by atoms with van der Waals surface area (Å²) in [6, 6.07) is 13.1. The van der Waals surface area contributed by atoms with E-state index in [1.165, 1.54) is 18.2 Å². The fourth-order valence-corrected chi connectivity index (χ4v) is 3.81. The van der Waals surface area contributed by atoms with Gasteiger partial charge in [-0.2, -0.15) is 0 Å². The van der Waals surface area contributed by atoms with Crippen LogP contribution in [0.5, 0.6) is 0 Å². The molecule has 0 spiro atoms. The zero-order valence-electron chi connectivity index (χ0n) is 16.1. The first-order chi connectivity index (χ1) is 13.7. The number of carbonyl (C=O) groups excluding carboxylic acids is 1. The van der Waals surface area contributed by atoms with Crippen molar-refractivity contribution in [1.29, 1.82) is 0 Å². The average Bonchev–Trinajstić information content (AvgIpc) is 2.65. The van der Waals surface area contributed by atoms with Crippen LogP contribution in [0.25, 0.3) is 11.0 Å². The molecular weight excluding hydrogens is 394 g/mol. The van der Waals surface area contributed by atoms with Gasteiger partial charge in [-0.1, -0.05) is 29.8 Å². The van der Waals surface area contributed by atoms with E-state index in [4.69, 9.17) is 9.15 Å². The summed E-state index contributed by atoms with van der Waals surface area (Å²) in [5.74, 6) is -0.579. The molecule has 8 heteroatoms. The number of esters is 1. The topological polar surface area (TPSA) is 103 Å². The van der Waals surface area contributed by atoms with Crippen LogP contribution in [0.1, 0.15) is 23.1 Å². The van der Waals surface area contributed by atoms with Gasteiger partial charge in [-0.25, -0.2) is 17.9 Å². The van der Waals surface area contributed by atoms with Crippen molar-refractivity contribution in [2.24, 2.45) is 0 Å². The normalized spacial score (nSPS) is 11.5. The molecule has 3 aromatic rings. The molecule has 0 bridgehead atoms. The molecule has 152 valence electrons. The van der Waals surface area contributed by atoms with Gasteiger partial charge in [0.15, 0.2) is 0 Å². The minimum absolute atomic E-state index is 0.0914. The van der Waals surface area contributed by atoms with E-state index >= 15 is 0 Å². The fourth-order valence-electron chi connectivity index (χ4n) is 2.78. The highest BCUT2D eigenvalue weighted by atomic mass is 32.2. The third kappa shape index (κ3) is 5.30. The van der Waals surface area contributed by atoms with Gasteiger partial charge in [0.1, 0.15) is 12.2 Å². The molecule has 0 saturated heterocycles. The van der Waals surface area contributed by atoms with Crippen molar-refractivity contribution < 1.29 is 22.4 Å². The molecule has 1 N–H and O–H groups in total. The Morgan fingerprint density at radius 1 is 1.03 bits per heavy atom. The molecule has 1 heterocycles. The van der Waals surface area contributed by atoms with Gasteiger partial charge in [0.05, 0.1) is 11.3 Å². The second-order valence-electron chi connectivity index (χ2n) is 6.71. The predicted molar refractivity (Wildman–Crippen MR) is 108 cm³/mol. The van der Waals surface area contributed by atoms with Gasteiger partial charge in [0.2, 0.25) is 10.0 Å². The lowest BCUT2D eigenvalue weighted by molar-refractivity contribution is -0.144. The largest absolute Gasteiger partial charge is 0.461 e. The first kappa shape index (κ1) is 20.8. The summed E-state index contributed by atoms with van der Waals surface area (Å²) in [5.41, 5.74) is 2.32. The number of sulfonamides is 1. The first-order valence-electron chi connectivity index (χ1n) is 9.00. The van der Waals surface area contributed by atoms with E-state index in [0.717, 1.165) is 11.1 Å². The Morgan fingerprint density at radius 3 is 2.45 bits per heavy atom. The molecule has 7 nitrogen and oxygen atoms in total. The first-order valence-corrected chi connectivity index (χ1v) is 10.5. The number of hydrogen-bond acceptors (Lipinski definition) is 6. The summed E-state index contributed by atoms with van der Waals surface area (Å²) in [6.07, 6.45) is -0.135. The third-order valence-corrected chi connectivity index (χ3v) is 5.80. The maximum Gasteiger partial charge on any atom is 0.336 e. The molecule has 0 aliphatic rings. The maximum atomic E-state index is 12.2. The van der Waals surface area contributed by atoms with Crippen LogP contribution in [0, 0.1) is 13.8 Å². The minimum Gasteiger partial charge on any atom is -0.461 e. The summed E-state index contributed by atoms with van der Waals surface area (Å²) in [7, 11) is -3.69. The van der Waals surface area contributed by atoms with E-state index in [1.54, 1.807) is 24.3 Å². The van der Waals surface area contributed by atoms with Crippen molar-refractivity contribution in [1.82, 2.24) is 4.72 Å². The summed E-state index contributed by atoms with van der Waals surface area (Å²) in [4.78, 5) is 23.8. The molecule has 0 aliphatic heterocycles. The highest BCUT2D eigenvalue weighted by molar-refractivity contribution is 7.89. The van der Waals surface area contributed by atoms with Crippen LogP contribution in [0.15, 0.2) is 62.6 Å². The molecule has 3 rings (SSSR count). The van der Waals surface area contributed by atoms with Crippen molar-refractivity contribution >= 4 is 27.0 Å². The van der Waals surface area contributed by atoms with Gasteiger partial charge < -0.3 is 9.15 Å². The molecule has 0 radical (unpaired) electrons. The van der Waals surface area contributed by atoms with Crippen LogP contribution in [0.3, 0.4) is 0 Å². The number of carbonyl (C=O) groups is 1. The summed E-state index contributed by atoms with van der Waals surface area (Å²) < 4.78 is 37.2. The van der Waals surface area contributed by atoms with Gasteiger partial charge in [0.25, 0.3) is 0 Å². The number of aryl methyl sites for hydroxylation is 2. The molecule has 0 atom stereocenters. The van der Waals surface area contributed by atoms with Crippen molar-refractivity contribution in [3.05, 3.63) is 75.6 Å². The van der Waals surface area contributed by atoms with Gasteiger partial charge in [-0.15, -0.1) is 0 Å². The van der Waals surface area contributed by atoms with Crippen LogP contribution in [-0.4, -0.2) is 20.9 Å². The minimum atomic E-state index is -3.69. The van der Waals surface area contributed by atoms with Crippen LogP contribution >= 0.6 is 0 Å². The standard InChI is InChI=1S/C21H21NO6S/c1-14-3-6-17(7-4-14)29(25,26)22-10-9-20(23)27-13-16-12-21(24)28-19-11-15(2)5-8-18(16)19/h3-8,11-12,22H,9-10,13H2,1-2H3. The quantitative estimate of drug-likeness (QED) is 0.470. The lowest BCUT2D eigenvalue weighted by Crippen LogP contribution is -2.26. The molecule has 2 aromatic carbocycles. The Bertz CT molecular complexity index is 1200. The van der Waals surface area contributed by atoms with Crippen molar-refractivity contribution in [3.8, 4) is 0 Å². The second kappa shape index (κ2) is 8.59. The van der Waals surface area contributed by atoms with Crippen LogP contribution in [0.4, 0.5) is 0 Å². The summed E-state index contributed by atoms with van der Waals surface area (Å²) in [5, 5.41) is 0.683. The third-order valence-electron chi connectivity index (χ3n) is 4.33. The highest BCUT2D eigenvalue weighted by Crippen LogP contribution is 2.19. The molecule has 29 heavy (non-hydrogen) atoms. The van der Waals surface area contributed by atoms with Gasteiger partial charge in [0, 0.05) is 23.6 Å². The Labute approximate surface area is 168 Å². The number of fused-ring (bicyclic) bond motifs is 1. The number of benzene rings is 2. The molecule has 1 aromatic heterocycles. The van der Waals surface area contributed by atoms with Gasteiger partial charge in [-0.05, 0) is 37.6 Å². The Balaban J connectivity index is 1.57. The van der Waals surface area contributed by atoms with Crippen LogP contribution in [-0.2, 0) is 26.2 Å². The number of rotatable bonds is 7. The molecule has 0 saturated carbocycles. The fraction of sp³-hybridized carbons (Fsp3) is 0.238. The van der Waals surface area contributed by atoms with E-state index in [1.807, 2.05) is 19.9 Å². The lowest BCUT2D eigenvalue weighted by atomic mass is 10.1. The van der Waals surface area contributed by atoms with E-state index in [-0.39, 0.29) is 24.5 Å². The summed E-state index contributed by atoms with van der Waals surface area (Å²) in [6.45, 7) is 3.55.